The summed E-state index contributed by atoms with van der Waals surface area (Å²) in [5.41, 5.74) is 3.04. The van der Waals surface area contributed by atoms with E-state index in [1.54, 1.807) is 18.4 Å². The summed E-state index contributed by atoms with van der Waals surface area (Å²) in [7, 11) is 1.66. The minimum Gasteiger partial charge on any atom is -0.497 e. The number of hydrogen-bond acceptors (Lipinski definition) is 5. The Morgan fingerprint density at radius 2 is 1.88 bits per heavy atom. The minimum absolute atomic E-state index is 0.670. The summed E-state index contributed by atoms with van der Waals surface area (Å²) in [6, 6.07) is 15.9. The molecule has 0 spiro atoms. The van der Waals surface area contributed by atoms with Gasteiger partial charge in [-0.25, -0.2) is 4.98 Å². The Bertz CT molecular complexity index is 812. The van der Waals surface area contributed by atoms with Crippen molar-refractivity contribution in [3.63, 3.8) is 0 Å². The number of rotatable bonds is 6. The molecule has 0 fully saturated rings. The summed E-state index contributed by atoms with van der Waals surface area (Å²) < 4.78 is 10.7. The number of thiazole rings is 1. The molecule has 0 unspecified atom stereocenters. The zero-order valence-electron chi connectivity index (χ0n) is 14.0. The second-order valence-electron chi connectivity index (χ2n) is 5.24. The normalized spacial score (nSPS) is 10.5. The number of nitrogens with zero attached hydrogens (tertiary/aromatic N) is 1. The number of nitrogens with one attached hydrogen (secondary N) is 1. The van der Waals surface area contributed by atoms with E-state index in [0.717, 1.165) is 33.6 Å². The molecule has 0 aliphatic carbocycles. The molecule has 2 aromatic carbocycles. The molecule has 5 heteroatoms. The van der Waals surface area contributed by atoms with Crippen molar-refractivity contribution in [2.24, 2.45) is 0 Å². The lowest BCUT2D eigenvalue weighted by Gasteiger charge is -2.05. The third-order valence-electron chi connectivity index (χ3n) is 3.56. The fourth-order valence-corrected chi connectivity index (χ4v) is 3.27. The van der Waals surface area contributed by atoms with Gasteiger partial charge >= 0.3 is 0 Å². The van der Waals surface area contributed by atoms with Crippen LogP contribution in [0.2, 0.25) is 0 Å². The molecular formula is C19H20N2O2S. The zero-order chi connectivity index (χ0) is 16.9. The number of aryl methyl sites for hydroxylation is 1. The Labute approximate surface area is 146 Å². The highest BCUT2D eigenvalue weighted by Gasteiger charge is 2.10. The number of benzene rings is 2. The Hall–Kier alpha value is -2.53. The topological polar surface area (TPSA) is 43.4 Å². The highest BCUT2D eigenvalue weighted by atomic mass is 32.1. The lowest BCUT2D eigenvalue weighted by Crippen LogP contribution is -1.92. The van der Waals surface area contributed by atoms with Gasteiger partial charge in [-0.15, -0.1) is 11.3 Å². The number of hydrogen-bond donors (Lipinski definition) is 1. The first kappa shape index (κ1) is 16.3. The highest BCUT2D eigenvalue weighted by Crippen LogP contribution is 2.33. The van der Waals surface area contributed by atoms with Crippen LogP contribution in [0, 0.1) is 6.92 Å². The average molecular weight is 340 g/mol. The van der Waals surface area contributed by atoms with Crippen molar-refractivity contribution >= 4 is 22.2 Å². The third-order valence-corrected chi connectivity index (χ3v) is 4.44. The fourth-order valence-electron chi connectivity index (χ4n) is 2.42. The van der Waals surface area contributed by atoms with E-state index in [1.807, 2.05) is 55.5 Å². The van der Waals surface area contributed by atoms with Crippen molar-refractivity contribution < 1.29 is 9.47 Å². The predicted molar refractivity (Wildman–Crippen MR) is 99.7 cm³/mol. The third kappa shape index (κ3) is 3.68. The van der Waals surface area contributed by atoms with Crippen LogP contribution in [-0.4, -0.2) is 18.7 Å². The van der Waals surface area contributed by atoms with Crippen LogP contribution >= 0.6 is 11.3 Å². The van der Waals surface area contributed by atoms with Crippen molar-refractivity contribution in [2.45, 2.75) is 13.8 Å². The van der Waals surface area contributed by atoms with E-state index >= 15 is 0 Å². The molecular weight excluding hydrogens is 320 g/mol. The molecule has 0 radical (unpaired) electrons. The first-order valence-electron chi connectivity index (χ1n) is 7.81. The lowest BCUT2D eigenvalue weighted by molar-refractivity contribution is 0.340. The molecule has 24 heavy (non-hydrogen) atoms. The van der Waals surface area contributed by atoms with Gasteiger partial charge in [0.25, 0.3) is 0 Å². The number of ether oxygens (including phenoxy) is 2. The fraction of sp³-hybridized carbons (Fsp3) is 0.211. The van der Waals surface area contributed by atoms with E-state index in [1.165, 1.54) is 4.88 Å². The van der Waals surface area contributed by atoms with Gasteiger partial charge < -0.3 is 14.8 Å². The monoisotopic (exact) mass is 340 g/mol. The van der Waals surface area contributed by atoms with Crippen LogP contribution in [0.5, 0.6) is 11.5 Å². The van der Waals surface area contributed by atoms with E-state index in [9.17, 15) is 0 Å². The maximum absolute atomic E-state index is 5.49. The summed E-state index contributed by atoms with van der Waals surface area (Å²) in [5, 5.41) is 4.21. The maximum Gasteiger partial charge on any atom is 0.187 e. The first-order chi connectivity index (χ1) is 11.7. The Morgan fingerprint density at radius 3 is 2.58 bits per heavy atom. The SMILES string of the molecule is CCOc1ccc(-c2nc(Nc3cccc(OC)c3)sc2C)cc1. The second-order valence-corrected chi connectivity index (χ2v) is 6.44. The molecule has 1 heterocycles. The van der Waals surface area contributed by atoms with Gasteiger partial charge in [0.2, 0.25) is 0 Å². The molecule has 4 nitrogen and oxygen atoms in total. The quantitative estimate of drug-likeness (QED) is 0.664. The largest absolute Gasteiger partial charge is 0.497 e. The Balaban J connectivity index is 1.81. The summed E-state index contributed by atoms with van der Waals surface area (Å²) in [6.45, 7) is 4.74. The van der Waals surface area contributed by atoms with Crippen LogP contribution < -0.4 is 14.8 Å². The standard InChI is InChI=1S/C19H20N2O2S/c1-4-23-16-10-8-14(9-11-16)18-13(2)24-19(21-18)20-15-6-5-7-17(12-15)22-3/h5-12H,4H2,1-3H3,(H,20,21). The summed E-state index contributed by atoms with van der Waals surface area (Å²) in [6.07, 6.45) is 0. The van der Waals surface area contributed by atoms with E-state index in [0.29, 0.717) is 6.61 Å². The molecule has 0 saturated heterocycles. The predicted octanol–water partition coefficient (Wildman–Crippen LogP) is 5.27. The number of methoxy groups -OCH3 is 1. The minimum atomic E-state index is 0.670. The van der Waals surface area contributed by atoms with Gasteiger partial charge in [0, 0.05) is 22.2 Å². The van der Waals surface area contributed by atoms with Gasteiger partial charge in [-0.3, -0.25) is 0 Å². The van der Waals surface area contributed by atoms with E-state index < -0.39 is 0 Å². The summed E-state index contributed by atoms with van der Waals surface area (Å²) >= 11 is 1.64. The van der Waals surface area contributed by atoms with Gasteiger partial charge in [0.15, 0.2) is 5.13 Å². The Morgan fingerprint density at radius 1 is 1.08 bits per heavy atom. The van der Waals surface area contributed by atoms with Crippen LogP contribution in [0.4, 0.5) is 10.8 Å². The average Bonchev–Trinajstić information content (AvgIpc) is 2.96. The maximum atomic E-state index is 5.49. The van der Waals surface area contributed by atoms with Crippen LogP contribution in [0.3, 0.4) is 0 Å². The lowest BCUT2D eigenvalue weighted by atomic mass is 10.1. The summed E-state index contributed by atoms with van der Waals surface area (Å²) in [5.74, 6) is 1.70. The molecule has 3 aromatic rings. The van der Waals surface area contributed by atoms with E-state index in [4.69, 9.17) is 14.5 Å². The molecule has 0 bridgehead atoms. The van der Waals surface area contributed by atoms with Crippen molar-refractivity contribution in [3.05, 3.63) is 53.4 Å². The molecule has 1 N–H and O–H groups in total. The Kier molecular flexibility index (Phi) is 5.01. The van der Waals surface area contributed by atoms with Gasteiger partial charge in [0.05, 0.1) is 19.4 Å². The van der Waals surface area contributed by atoms with Gasteiger partial charge in [0.1, 0.15) is 11.5 Å². The second kappa shape index (κ2) is 7.36. The summed E-state index contributed by atoms with van der Waals surface area (Å²) in [4.78, 5) is 5.90. The van der Waals surface area contributed by atoms with E-state index in [2.05, 4.69) is 12.2 Å². The molecule has 0 saturated carbocycles. The van der Waals surface area contributed by atoms with Crippen molar-refractivity contribution in [1.29, 1.82) is 0 Å². The van der Waals surface area contributed by atoms with E-state index in [-0.39, 0.29) is 0 Å². The van der Waals surface area contributed by atoms with Crippen LogP contribution in [0.15, 0.2) is 48.5 Å². The van der Waals surface area contributed by atoms with Crippen molar-refractivity contribution in [1.82, 2.24) is 4.98 Å². The number of aromatic nitrogens is 1. The molecule has 0 atom stereocenters. The van der Waals surface area contributed by atoms with Crippen molar-refractivity contribution in [3.8, 4) is 22.8 Å². The van der Waals surface area contributed by atoms with Gasteiger partial charge in [-0.1, -0.05) is 6.07 Å². The molecule has 0 amide bonds. The van der Waals surface area contributed by atoms with Gasteiger partial charge in [-0.2, -0.15) is 0 Å². The zero-order valence-corrected chi connectivity index (χ0v) is 14.8. The molecule has 0 aliphatic rings. The van der Waals surface area contributed by atoms with Crippen LogP contribution in [0.1, 0.15) is 11.8 Å². The molecule has 1 aromatic heterocycles. The smallest absolute Gasteiger partial charge is 0.187 e. The highest BCUT2D eigenvalue weighted by molar-refractivity contribution is 7.16. The van der Waals surface area contributed by atoms with Crippen molar-refractivity contribution in [2.75, 3.05) is 19.0 Å². The first-order valence-corrected chi connectivity index (χ1v) is 8.63. The molecule has 0 aliphatic heterocycles. The molecule has 3 rings (SSSR count). The van der Waals surface area contributed by atoms with Crippen LogP contribution in [-0.2, 0) is 0 Å². The van der Waals surface area contributed by atoms with Crippen LogP contribution in [0.25, 0.3) is 11.3 Å². The molecule has 124 valence electrons. The van der Waals surface area contributed by atoms with Gasteiger partial charge in [-0.05, 0) is 50.2 Å². The number of anilines is 2.